The summed E-state index contributed by atoms with van der Waals surface area (Å²) in [5.41, 5.74) is 0.987. The number of carboxylic acids is 1. The Kier molecular flexibility index (Phi) is 5.81. The fourth-order valence-corrected chi connectivity index (χ4v) is 3.93. The van der Waals surface area contributed by atoms with Crippen molar-refractivity contribution in [1.29, 1.82) is 5.26 Å². The van der Waals surface area contributed by atoms with Crippen LogP contribution in [0.4, 0.5) is 24.7 Å². The second kappa shape index (κ2) is 8.48. The Morgan fingerprint density at radius 2 is 1.97 bits per heavy atom. The number of nitrogens with one attached hydrogen (secondary N) is 2. The number of carbonyl (C=O) groups is 1. The monoisotopic (exact) mass is 469 g/mol. The van der Waals surface area contributed by atoms with Crippen LogP contribution in [0, 0.1) is 23.7 Å². The van der Waals surface area contributed by atoms with Gasteiger partial charge in [-0.25, -0.2) is 14.8 Å². The van der Waals surface area contributed by atoms with E-state index in [0.717, 1.165) is 5.56 Å². The van der Waals surface area contributed by atoms with Gasteiger partial charge in [-0.1, -0.05) is 18.2 Å². The number of aromatic nitrogens is 2. The molecule has 1 heterocycles. The Hall–Kier alpha value is -3.87. The summed E-state index contributed by atoms with van der Waals surface area (Å²) in [4.78, 5) is 20.4. The minimum atomic E-state index is -4.34. The Morgan fingerprint density at radius 3 is 2.59 bits per heavy atom. The van der Waals surface area contributed by atoms with Crippen molar-refractivity contribution in [3.8, 4) is 6.07 Å². The van der Waals surface area contributed by atoms with Crippen LogP contribution in [0.5, 0.6) is 0 Å². The Labute approximate surface area is 193 Å². The number of hydrogen-bond acceptors (Lipinski definition) is 6. The lowest BCUT2D eigenvalue weighted by Crippen LogP contribution is -2.32. The highest BCUT2D eigenvalue weighted by Gasteiger charge is 2.63. The van der Waals surface area contributed by atoms with Crippen LogP contribution in [0.2, 0.25) is 0 Å². The van der Waals surface area contributed by atoms with Gasteiger partial charge in [-0.3, -0.25) is 0 Å². The van der Waals surface area contributed by atoms with Gasteiger partial charge in [-0.05, 0) is 50.5 Å². The first kappa shape index (κ1) is 23.3. The number of carboxylic acid groups (broad SMARTS) is 1. The van der Waals surface area contributed by atoms with E-state index >= 15 is 0 Å². The number of halogens is 3. The molecule has 10 heteroatoms. The zero-order chi connectivity index (χ0) is 24.7. The third-order valence-electron chi connectivity index (χ3n) is 6.09. The van der Waals surface area contributed by atoms with Crippen molar-refractivity contribution < 1.29 is 23.1 Å². The predicted molar refractivity (Wildman–Crippen MR) is 121 cm³/mol. The average molecular weight is 469 g/mol. The maximum absolute atomic E-state index is 13.4. The SMILES string of the molecule is Cc1cc([C@@H](C)Nc2ccccc2C(=O)O)c2nc(NCC3(C(F)(F)F)CC3)c(C#N)nc2c1. The summed E-state index contributed by atoms with van der Waals surface area (Å²) in [5.74, 6) is -1.08. The molecule has 176 valence electrons. The first-order valence-corrected chi connectivity index (χ1v) is 10.7. The fraction of sp³-hybridized carbons (Fsp3) is 0.333. The smallest absolute Gasteiger partial charge is 0.396 e. The van der Waals surface area contributed by atoms with Crippen LogP contribution in [0.25, 0.3) is 11.0 Å². The summed E-state index contributed by atoms with van der Waals surface area (Å²) >= 11 is 0. The molecular formula is C24H22F3N5O2. The number of anilines is 2. The van der Waals surface area contributed by atoms with Gasteiger partial charge in [-0.15, -0.1) is 0 Å². The van der Waals surface area contributed by atoms with Gasteiger partial charge in [0.15, 0.2) is 11.5 Å². The molecule has 1 aliphatic rings. The van der Waals surface area contributed by atoms with Crippen LogP contribution in [0.1, 0.15) is 53.0 Å². The quantitative estimate of drug-likeness (QED) is 0.423. The number of rotatable bonds is 7. The predicted octanol–water partition coefficient (Wildman–Crippen LogP) is 5.44. The second-order valence-electron chi connectivity index (χ2n) is 8.60. The normalized spacial score (nSPS) is 15.4. The van der Waals surface area contributed by atoms with Gasteiger partial charge in [0.1, 0.15) is 6.07 Å². The van der Waals surface area contributed by atoms with E-state index in [-0.39, 0.29) is 36.5 Å². The number of fused-ring (bicyclic) bond motifs is 1. The van der Waals surface area contributed by atoms with Gasteiger partial charge in [0.2, 0.25) is 0 Å². The maximum Gasteiger partial charge on any atom is 0.396 e. The van der Waals surface area contributed by atoms with E-state index in [1.165, 1.54) is 6.07 Å². The molecule has 1 atom stereocenters. The van der Waals surface area contributed by atoms with E-state index in [1.807, 2.05) is 26.0 Å². The average Bonchev–Trinajstić information content (AvgIpc) is 3.58. The highest BCUT2D eigenvalue weighted by atomic mass is 19.4. The molecule has 1 fully saturated rings. The number of alkyl halides is 3. The van der Waals surface area contributed by atoms with Crippen molar-refractivity contribution in [3.05, 3.63) is 58.8 Å². The highest BCUT2D eigenvalue weighted by Crippen LogP contribution is 2.57. The largest absolute Gasteiger partial charge is 0.478 e. The number of para-hydroxylation sites is 1. The minimum Gasteiger partial charge on any atom is -0.478 e. The summed E-state index contributed by atoms with van der Waals surface area (Å²) in [6.45, 7) is 3.29. The Morgan fingerprint density at radius 1 is 1.26 bits per heavy atom. The van der Waals surface area contributed by atoms with Crippen molar-refractivity contribution in [2.24, 2.45) is 5.41 Å². The molecule has 7 nitrogen and oxygen atoms in total. The molecule has 1 saturated carbocycles. The third-order valence-corrected chi connectivity index (χ3v) is 6.09. The molecule has 3 aromatic rings. The van der Waals surface area contributed by atoms with Crippen molar-refractivity contribution in [1.82, 2.24) is 9.97 Å². The molecule has 34 heavy (non-hydrogen) atoms. The van der Waals surface area contributed by atoms with Crippen LogP contribution in [-0.4, -0.2) is 33.8 Å². The van der Waals surface area contributed by atoms with Gasteiger partial charge in [0.25, 0.3) is 0 Å². The summed E-state index contributed by atoms with van der Waals surface area (Å²) in [7, 11) is 0. The lowest BCUT2D eigenvalue weighted by Gasteiger charge is -2.21. The van der Waals surface area contributed by atoms with Crippen LogP contribution < -0.4 is 10.6 Å². The lowest BCUT2D eigenvalue weighted by atomic mass is 10.0. The molecule has 0 saturated heterocycles. The van der Waals surface area contributed by atoms with E-state index in [2.05, 4.69) is 20.6 Å². The van der Waals surface area contributed by atoms with Gasteiger partial charge in [-0.2, -0.15) is 18.4 Å². The number of benzene rings is 2. The van der Waals surface area contributed by atoms with E-state index in [9.17, 15) is 28.3 Å². The van der Waals surface area contributed by atoms with Crippen LogP contribution >= 0.6 is 0 Å². The summed E-state index contributed by atoms with van der Waals surface area (Å²) in [6, 6.07) is 11.6. The number of aromatic carboxylic acids is 1. The van der Waals surface area contributed by atoms with Gasteiger partial charge in [0, 0.05) is 17.8 Å². The number of nitrogens with zero attached hydrogens (tertiary/aromatic N) is 3. The molecule has 3 N–H and O–H groups in total. The molecule has 2 aromatic carbocycles. The lowest BCUT2D eigenvalue weighted by molar-refractivity contribution is -0.182. The summed E-state index contributed by atoms with van der Waals surface area (Å²) in [5, 5.41) is 24.9. The molecule has 0 radical (unpaired) electrons. The molecular weight excluding hydrogens is 447 g/mol. The summed E-state index contributed by atoms with van der Waals surface area (Å²) < 4.78 is 40.1. The van der Waals surface area contributed by atoms with Crippen molar-refractivity contribution in [2.45, 2.75) is 38.9 Å². The highest BCUT2D eigenvalue weighted by molar-refractivity contribution is 5.94. The molecule has 0 spiro atoms. The standard InChI is InChI=1S/C24H22F3N5O2/c1-13-9-16(14(2)30-17-6-4-3-5-15(17)22(33)34)20-18(10-13)31-19(11-28)21(32-20)29-12-23(7-8-23)24(25,26)27/h3-6,9-10,14,30H,7-8,12H2,1-2H3,(H,29,32)(H,33,34)/t14-/m1/s1. The van der Waals surface area contributed by atoms with E-state index < -0.39 is 23.6 Å². The van der Waals surface area contributed by atoms with Gasteiger partial charge in [0.05, 0.1) is 28.1 Å². The molecule has 0 aliphatic heterocycles. The Bertz CT molecular complexity index is 1310. The van der Waals surface area contributed by atoms with Crippen molar-refractivity contribution >= 4 is 28.5 Å². The minimum absolute atomic E-state index is 0.00577. The molecule has 0 bridgehead atoms. The van der Waals surface area contributed by atoms with E-state index in [1.54, 1.807) is 24.3 Å². The number of hydrogen-bond donors (Lipinski definition) is 3. The van der Waals surface area contributed by atoms with Gasteiger partial charge < -0.3 is 15.7 Å². The first-order valence-electron chi connectivity index (χ1n) is 10.7. The molecule has 4 rings (SSSR count). The fourth-order valence-electron chi connectivity index (χ4n) is 3.93. The number of aryl methyl sites for hydroxylation is 1. The second-order valence-corrected chi connectivity index (χ2v) is 8.60. The molecule has 0 unspecified atom stereocenters. The van der Waals surface area contributed by atoms with Crippen molar-refractivity contribution in [2.75, 3.05) is 17.2 Å². The van der Waals surface area contributed by atoms with Crippen LogP contribution in [0.3, 0.4) is 0 Å². The summed E-state index contributed by atoms with van der Waals surface area (Å²) in [6.07, 6.45) is -4.28. The van der Waals surface area contributed by atoms with E-state index in [4.69, 9.17) is 0 Å². The van der Waals surface area contributed by atoms with Crippen molar-refractivity contribution in [3.63, 3.8) is 0 Å². The zero-order valence-electron chi connectivity index (χ0n) is 18.5. The topological polar surface area (TPSA) is 111 Å². The number of nitriles is 1. The molecule has 0 amide bonds. The Balaban J connectivity index is 1.72. The van der Waals surface area contributed by atoms with Gasteiger partial charge >= 0.3 is 12.1 Å². The molecule has 1 aromatic heterocycles. The third kappa shape index (κ3) is 4.33. The molecule has 1 aliphatic carbocycles. The first-order chi connectivity index (χ1) is 16.0. The van der Waals surface area contributed by atoms with Crippen LogP contribution in [-0.2, 0) is 0 Å². The maximum atomic E-state index is 13.4. The zero-order valence-corrected chi connectivity index (χ0v) is 18.5. The van der Waals surface area contributed by atoms with Crippen LogP contribution in [0.15, 0.2) is 36.4 Å². The van der Waals surface area contributed by atoms with E-state index in [0.29, 0.717) is 22.3 Å².